The Kier molecular flexibility index (Phi) is 7.11. The zero-order valence-electron chi connectivity index (χ0n) is 26.3. The molecule has 47 heavy (non-hydrogen) atoms. The summed E-state index contributed by atoms with van der Waals surface area (Å²) in [6.45, 7) is 4.47. The number of para-hydroxylation sites is 1. The minimum atomic E-state index is -0.241. The second-order valence-electron chi connectivity index (χ2n) is 12.4. The van der Waals surface area contributed by atoms with Crippen molar-refractivity contribution in [1.82, 2.24) is 15.0 Å². The third kappa shape index (κ3) is 5.24. The molecule has 4 heteroatoms. The Bertz CT molecular complexity index is 2260. The SMILES string of the molecule is CC1(C)C(c2cnc(-c3cc(-c4ccccc4)c(-c4cc(-c5ccccc5)ccn4)cn3)c(-c3ccccc3)c2)=Nc2ccccc21. The number of benzene rings is 4. The molecule has 0 unspecified atom stereocenters. The second kappa shape index (κ2) is 11.7. The summed E-state index contributed by atoms with van der Waals surface area (Å²) in [4.78, 5) is 20.1. The van der Waals surface area contributed by atoms with Crippen molar-refractivity contribution in [1.29, 1.82) is 0 Å². The van der Waals surface area contributed by atoms with Crippen molar-refractivity contribution in [3.05, 3.63) is 169 Å². The molecule has 4 heterocycles. The largest absolute Gasteiger partial charge is 0.256 e. The third-order valence-corrected chi connectivity index (χ3v) is 9.02. The molecule has 3 aromatic heterocycles. The van der Waals surface area contributed by atoms with Crippen LogP contribution in [0.4, 0.5) is 5.69 Å². The molecule has 0 saturated heterocycles. The molecule has 224 valence electrons. The van der Waals surface area contributed by atoms with Gasteiger partial charge in [0.2, 0.25) is 0 Å². The highest BCUT2D eigenvalue weighted by Crippen LogP contribution is 2.43. The van der Waals surface area contributed by atoms with E-state index < -0.39 is 0 Å². The average Bonchev–Trinajstić information content (AvgIpc) is 3.42. The standard InChI is InChI=1S/C43H32N4/c1-43(2)37-20-12-13-21-38(37)47-42(43)33-24-35(31-18-10-5-11-19-31)41(46-27-33)40-26-34(30-16-8-4-9-17-30)36(28-45-40)39-25-32(22-23-44-39)29-14-6-3-7-15-29/h3-28H,1-2H3. The fourth-order valence-corrected chi connectivity index (χ4v) is 6.58. The highest BCUT2D eigenvalue weighted by Gasteiger charge is 2.36. The summed E-state index contributed by atoms with van der Waals surface area (Å²) >= 11 is 0. The van der Waals surface area contributed by atoms with E-state index in [0.29, 0.717) is 0 Å². The van der Waals surface area contributed by atoms with Crippen LogP contribution in [-0.2, 0) is 5.41 Å². The Morgan fingerprint density at radius 3 is 1.79 bits per heavy atom. The maximum Gasteiger partial charge on any atom is 0.0965 e. The highest BCUT2D eigenvalue weighted by atomic mass is 14.8. The van der Waals surface area contributed by atoms with E-state index in [1.165, 1.54) is 5.56 Å². The summed E-state index contributed by atoms with van der Waals surface area (Å²) in [5.41, 5.74) is 14.0. The van der Waals surface area contributed by atoms with E-state index in [2.05, 4.69) is 129 Å². The molecular formula is C43H32N4. The first-order chi connectivity index (χ1) is 23.1. The van der Waals surface area contributed by atoms with E-state index in [1.807, 2.05) is 42.9 Å². The molecule has 4 nitrogen and oxygen atoms in total. The Morgan fingerprint density at radius 2 is 1.09 bits per heavy atom. The number of hydrogen-bond donors (Lipinski definition) is 0. The van der Waals surface area contributed by atoms with E-state index in [4.69, 9.17) is 19.9 Å². The van der Waals surface area contributed by atoms with Crippen LogP contribution in [0.5, 0.6) is 0 Å². The van der Waals surface area contributed by atoms with Crippen molar-refractivity contribution >= 4 is 11.4 Å². The molecule has 8 rings (SSSR count). The van der Waals surface area contributed by atoms with Gasteiger partial charge in [0.25, 0.3) is 0 Å². The quantitative estimate of drug-likeness (QED) is 0.190. The van der Waals surface area contributed by atoms with Crippen LogP contribution in [0.1, 0.15) is 25.0 Å². The van der Waals surface area contributed by atoms with Crippen LogP contribution in [0.25, 0.3) is 56.0 Å². The molecular weight excluding hydrogens is 573 g/mol. The van der Waals surface area contributed by atoms with Crippen molar-refractivity contribution in [2.75, 3.05) is 0 Å². The lowest BCUT2D eigenvalue weighted by atomic mass is 9.79. The summed E-state index contributed by atoms with van der Waals surface area (Å²) in [5.74, 6) is 0. The second-order valence-corrected chi connectivity index (χ2v) is 12.4. The van der Waals surface area contributed by atoms with Crippen molar-refractivity contribution in [3.63, 3.8) is 0 Å². The van der Waals surface area contributed by atoms with E-state index in [9.17, 15) is 0 Å². The molecule has 4 aromatic carbocycles. The van der Waals surface area contributed by atoms with E-state index in [-0.39, 0.29) is 5.41 Å². The molecule has 7 aromatic rings. The summed E-state index contributed by atoms with van der Waals surface area (Å²) < 4.78 is 0. The van der Waals surface area contributed by atoms with Gasteiger partial charge in [-0.25, -0.2) is 0 Å². The van der Waals surface area contributed by atoms with Crippen LogP contribution in [0.3, 0.4) is 0 Å². The van der Waals surface area contributed by atoms with Gasteiger partial charge in [0, 0.05) is 40.7 Å². The summed E-state index contributed by atoms with van der Waals surface area (Å²) in [7, 11) is 0. The van der Waals surface area contributed by atoms with Gasteiger partial charge in [0.15, 0.2) is 0 Å². The van der Waals surface area contributed by atoms with Gasteiger partial charge in [-0.15, -0.1) is 0 Å². The van der Waals surface area contributed by atoms with Crippen LogP contribution in [0, 0.1) is 0 Å². The van der Waals surface area contributed by atoms with E-state index >= 15 is 0 Å². The number of rotatable bonds is 6. The van der Waals surface area contributed by atoms with Gasteiger partial charge in [0.05, 0.1) is 28.5 Å². The monoisotopic (exact) mass is 604 g/mol. The molecule has 0 aliphatic carbocycles. The zero-order valence-corrected chi connectivity index (χ0v) is 26.3. The maximum absolute atomic E-state index is 5.13. The van der Waals surface area contributed by atoms with Crippen molar-refractivity contribution in [3.8, 4) is 56.0 Å². The number of nitrogens with zero attached hydrogens (tertiary/aromatic N) is 4. The molecule has 0 bridgehead atoms. The lowest BCUT2D eigenvalue weighted by Gasteiger charge is -2.23. The fourth-order valence-electron chi connectivity index (χ4n) is 6.58. The van der Waals surface area contributed by atoms with Crippen LogP contribution in [0.15, 0.2) is 163 Å². The van der Waals surface area contributed by atoms with Gasteiger partial charge in [0.1, 0.15) is 0 Å². The Labute approximate surface area is 275 Å². The van der Waals surface area contributed by atoms with E-state index in [1.54, 1.807) is 0 Å². The lowest BCUT2D eigenvalue weighted by Crippen LogP contribution is -2.26. The predicted molar refractivity (Wildman–Crippen MR) is 193 cm³/mol. The van der Waals surface area contributed by atoms with Gasteiger partial charge < -0.3 is 0 Å². The Morgan fingerprint density at radius 1 is 0.447 bits per heavy atom. The number of hydrogen-bond acceptors (Lipinski definition) is 4. The first-order valence-corrected chi connectivity index (χ1v) is 15.9. The molecule has 0 N–H and O–H groups in total. The summed E-state index contributed by atoms with van der Waals surface area (Å²) in [6, 6.07) is 48.2. The molecule has 1 aliphatic rings. The van der Waals surface area contributed by atoms with E-state index in [0.717, 1.165) is 73.0 Å². The first-order valence-electron chi connectivity index (χ1n) is 15.9. The minimum absolute atomic E-state index is 0.241. The fraction of sp³-hybridized carbons (Fsp3) is 0.0698. The minimum Gasteiger partial charge on any atom is -0.256 e. The zero-order chi connectivity index (χ0) is 31.8. The molecule has 0 saturated carbocycles. The molecule has 1 aliphatic heterocycles. The maximum atomic E-state index is 5.13. The van der Waals surface area contributed by atoms with Crippen molar-refractivity contribution in [2.45, 2.75) is 19.3 Å². The summed E-state index contributed by atoms with van der Waals surface area (Å²) in [5, 5.41) is 0. The predicted octanol–water partition coefficient (Wildman–Crippen LogP) is 10.6. The lowest BCUT2D eigenvalue weighted by molar-refractivity contribution is 0.737. The number of aliphatic imine (C=N–C) groups is 1. The van der Waals surface area contributed by atoms with Gasteiger partial charge in [-0.05, 0) is 63.7 Å². The van der Waals surface area contributed by atoms with Gasteiger partial charge in [-0.2, -0.15) is 0 Å². The number of pyridine rings is 3. The van der Waals surface area contributed by atoms with Crippen LogP contribution in [-0.4, -0.2) is 20.7 Å². The van der Waals surface area contributed by atoms with Crippen LogP contribution in [0.2, 0.25) is 0 Å². The number of aromatic nitrogens is 3. The number of fused-ring (bicyclic) bond motifs is 1. The van der Waals surface area contributed by atoms with Gasteiger partial charge in [-0.1, -0.05) is 123 Å². The van der Waals surface area contributed by atoms with Crippen molar-refractivity contribution in [2.24, 2.45) is 4.99 Å². The third-order valence-electron chi connectivity index (χ3n) is 9.02. The highest BCUT2D eigenvalue weighted by molar-refractivity contribution is 6.13. The molecule has 0 atom stereocenters. The van der Waals surface area contributed by atoms with Crippen LogP contribution >= 0.6 is 0 Å². The Balaban J connectivity index is 1.28. The Hall–Kier alpha value is -6.00. The molecule has 0 amide bonds. The van der Waals surface area contributed by atoms with Crippen molar-refractivity contribution < 1.29 is 0 Å². The van der Waals surface area contributed by atoms with Crippen LogP contribution < -0.4 is 0 Å². The normalized spacial score (nSPS) is 13.2. The van der Waals surface area contributed by atoms with Gasteiger partial charge >= 0.3 is 0 Å². The molecule has 0 radical (unpaired) electrons. The van der Waals surface area contributed by atoms with Gasteiger partial charge in [-0.3, -0.25) is 19.9 Å². The molecule has 0 spiro atoms. The topological polar surface area (TPSA) is 51.0 Å². The molecule has 0 fully saturated rings. The average molecular weight is 605 g/mol. The smallest absolute Gasteiger partial charge is 0.0965 e. The summed E-state index contributed by atoms with van der Waals surface area (Å²) in [6.07, 6.45) is 5.77. The first kappa shape index (κ1) is 28.5.